The monoisotopic (exact) mass is 353 g/mol. The fourth-order valence-corrected chi connectivity index (χ4v) is 3.10. The summed E-state index contributed by atoms with van der Waals surface area (Å²) in [7, 11) is 0. The van der Waals surface area contributed by atoms with Crippen LogP contribution in [0.5, 0.6) is 0 Å². The second-order valence-corrected chi connectivity index (χ2v) is 6.48. The number of hydrogen-bond donors (Lipinski definition) is 1. The third-order valence-electron chi connectivity index (χ3n) is 3.72. The topological polar surface area (TPSA) is 85.1 Å². The normalized spacial score (nSPS) is 10.5. The molecule has 0 saturated heterocycles. The molecule has 0 aliphatic carbocycles. The molecule has 1 heterocycles. The van der Waals surface area contributed by atoms with Crippen LogP contribution in [0.3, 0.4) is 0 Å². The molecule has 7 heteroatoms. The summed E-state index contributed by atoms with van der Waals surface area (Å²) in [5, 5.41) is 15.9. The lowest BCUT2D eigenvalue weighted by Gasteiger charge is -2.06. The van der Waals surface area contributed by atoms with Crippen LogP contribution in [0, 0.1) is 24.0 Å². The zero-order valence-corrected chi connectivity index (χ0v) is 14.5. The molecule has 0 fully saturated rings. The van der Waals surface area contributed by atoms with Crippen LogP contribution in [0.2, 0.25) is 0 Å². The number of nitrogens with one attached hydrogen (secondary N) is 1. The van der Waals surface area contributed by atoms with Crippen molar-refractivity contribution in [2.24, 2.45) is 0 Å². The maximum absolute atomic E-state index is 12.4. The maximum Gasteiger partial charge on any atom is 0.270 e. The zero-order valence-electron chi connectivity index (χ0n) is 13.6. The van der Waals surface area contributed by atoms with Crippen LogP contribution >= 0.6 is 11.3 Å². The highest BCUT2D eigenvalue weighted by Crippen LogP contribution is 2.27. The highest BCUT2D eigenvalue weighted by molar-refractivity contribution is 7.14. The first-order chi connectivity index (χ1) is 11.9. The number of nitrogens with zero attached hydrogens (tertiary/aromatic N) is 2. The van der Waals surface area contributed by atoms with Crippen LogP contribution < -0.4 is 5.32 Å². The second-order valence-electron chi connectivity index (χ2n) is 5.62. The van der Waals surface area contributed by atoms with Crippen molar-refractivity contribution in [2.75, 3.05) is 5.32 Å². The molecule has 0 unspecified atom stereocenters. The van der Waals surface area contributed by atoms with Gasteiger partial charge in [-0.1, -0.05) is 29.8 Å². The molecule has 3 rings (SSSR count). The van der Waals surface area contributed by atoms with Gasteiger partial charge in [0.15, 0.2) is 5.13 Å². The van der Waals surface area contributed by atoms with Gasteiger partial charge in [-0.05, 0) is 25.5 Å². The van der Waals surface area contributed by atoms with Crippen molar-refractivity contribution < 1.29 is 9.72 Å². The molecule has 0 radical (unpaired) electrons. The smallest absolute Gasteiger partial charge is 0.270 e. The SMILES string of the molecule is Cc1ccc(C)c(C(=O)Nc2nc(-c3cccc([N+](=O)[O-])c3)cs2)c1. The third kappa shape index (κ3) is 3.72. The summed E-state index contributed by atoms with van der Waals surface area (Å²) >= 11 is 1.28. The van der Waals surface area contributed by atoms with Crippen LogP contribution in [0.4, 0.5) is 10.8 Å². The lowest BCUT2D eigenvalue weighted by Crippen LogP contribution is -2.13. The van der Waals surface area contributed by atoms with Gasteiger partial charge >= 0.3 is 0 Å². The van der Waals surface area contributed by atoms with Gasteiger partial charge in [0.1, 0.15) is 0 Å². The molecule has 1 aromatic heterocycles. The Kier molecular flexibility index (Phi) is 4.58. The molecule has 126 valence electrons. The van der Waals surface area contributed by atoms with E-state index in [0.29, 0.717) is 22.0 Å². The standard InChI is InChI=1S/C18H15N3O3S/c1-11-6-7-12(2)15(8-11)17(22)20-18-19-16(10-25-18)13-4-3-5-14(9-13)21(23)24/h3-10H,1-2H3,(H,19,20,22). The number of amides is 1. The maximum atomic E-state index is 12.4. The summed E-state index contributed by atoms with van der Waals surface area (Å²) in [5.74, 6) is -0.221. The van der Waals surface area contributed by atoms with Gasteiger partial charge < -0.3 is 0 Å². The Labute approximate surface area is 148 Å². The summed E-state index contributed by atoms with van der Waals surface area (Å²) in [4.78, 5) is 27.2. The number of thiazole rings is 1. The first-order valence-electron chi connectivity index (χ1n) is 7.53. The number of carbonyl (C=O) groups is 1. The number of carbonyl (C=O) groups excluding carboxylic acids is 1. The van der Waals surface area contributed by atoms with Crippen molar-refractivity contribution in [3.63, 3.8) is 0 Å². The summed E-state index contributed by atoms with van der Waals surface area (Å²) in [5.41, 5.74) is 3.73. The number of benzene rings is 2. The molecule has 0 aliphatic rings. The average Bonchev–Trinajstić information content (AvgIpc) is 3.05. The number of hydrogen-bond acceptors (Lipinski definition) is 5. The van der Waals surface area contributed by atoms with E-state index < -0.39 is 4.92 Å². The number of anilines is 1. The van der Waals surface area contributed by atoms with Gasteiger partial charge in [0.2, 0.25) is 0 Å². The van der Waals surface area contributed by atoms with Gasteiger partial charge in [0, 0.05) is 28.6 Å². The number of aromatic nitrogens is 1. The van der Waals surface area contributed by atoms with E-state index in [1.54, 1.807) is 17.5 Å². The van der Waals surface area contributed by atoms with Crippen molar-refractivity contribution >= 4 is 28.1 Å². The summed E-state index contributed by atoms with van der Waals surface area (Å²) in [6.45, 7) is 3.81. The van der Waals surface area contributed by atoms with E-state index in [-0.39, 0.29) is 11.6 Å². The fraction of sp³-hybridized carbons (Fsp3) is 0.111. The molecule has 25 heavy (non-hydrogen) atoms. The highest BCUT2D eigenvalue weighted by atomic mass is 32.1. The van der Waals surface area contributed by atoms with Crippen LogP contribution in [-0.4, -0.2) is 15.8 Å². The minimum atomic E-state index is -0.445. The number of nitro benzene ring substituents is 1. The second kappa shape index (κ2) is 6.82. The Hall–Kier alpha value is -3.06. The van der Waals surface area contributed by atoms with E-state index in [0.717, 1.165) is 11.1 Å². The largest absolute Gasteiger partial charge is 0.298 e. The molecule has 6 nitrogen and oxygen atoms in total. The summed E-state index contributed by atoms with van der Waals surface area (Å²) < 4.78 is 0. The van der Waals surface area contributed by atoms with E-state index in [9.17, 15) is 14.9 Å². The minimum Gasteiger partial charge on any atom is -0.298 e. The number of non-ortho nitro benzene ring substituents is 1. The van der Waals surface area contributed by atoms with Gasteiger partial charge in [-0.3, -0.25) is 20.2 Å². The first-order valence-corrected chi connectivity index (χ1v) is 8.41. The summed E-state index contributed by atoms with van der Waals surface area (Å²) in [6.07, 6.45) is 0. The average molecular weight is 353 g/mol. The molecule has 0 bridgehead atoms. The van der Waals surface area contributed by atoms with Crippen LogP contribution in [-0.2, 0) is 0 Å². The summed E-state index contributed by atoms with van der Waals surface area (Å²) in [6, 6.07) is 11.9. The van der Waals surface area contributed by atoms with E-state index in [1.807, 2.05) is 32.0 Å². The Morgan fingerprint density at radius 1 is 1.20 bits per heavy atom. The van der Waals surface area contributed by atoms with E-state index >= 15 is 0 Å². The number of rotatable bonds is 4. The van der Waals surface area contributed by atoms with Crippen molar-refractivity contribution in [1.82, 2.24) is 4.98 Å². The Balaban J connectivity index is 1.82. The van der Waals surface area contributed by atoms with Crippen molar-refractivity contribution in [3.8, 4) is 11.3 Å². The molecule has 0 spiro atoms. The van der Waals surface area contributed by atoms with Gasteiger partial charge in [0.05, 0.1) is 10.6 Å². The number of nitro groups is 1. The quantitative estimate of drug-likeness (QED) is 0.549. The molecular formula is C18H15N3O3S. The van der Waals surface area contributed by atoms with Gasteiger partial charge in [0.25, 0.3) is 11.6 Å². The molecule has 2 aromatic carbocycles. The predicted octanol–water partition coefficient (Wildman–Crippen LogP) is 4.59. The first kappa shape index (κ1) is 16.8. The number of aryl methyl sites for hydroxylation is 2. The van der Waals surface area contributed by atoms with E-state index in [2.05, 4.69) is 10.3 Å². The van der Waals surface area contributed by atoms with Crippen LogP contribution in [0.15, 0.2) is 47.8 Å². The van der Waals surface area contributed by atoms with Crippen molar-refractivity contribution in [3.05, 3.63) is 74.6 Å². The van der Waals surface area contributed by atoms with Crippen molar-refractivity contribution in [1.29, 1.82) is 0 Å². The van der Waals surface area contributed by atoms with Crippen LogP contribution in [0.1, 0.15) is 21.5 Å². The Morgan fingerprint density at radius 3 is 2.76 bits per heavy atom. The molecule has 0 aliphatic heterocycles. The van der Waals surface area contributed by atoms with Gasteiger partial charge in [-0.2, -0.15) is 0 Å². The van der Waals surface area contributed by atoms with Gasteiger partial charge in [-0.15, -0.1) is 11.3 Å². The molecular weight excluding hydrogens is 338 g/mol. The zero-order chi connectivity index (χ0) is 18.0. The lowest BCUT2D eigenvalue weighted by atomic mass is 10.1. The van der Waals surface area contributed by atoms with Crippen molar-refractivity contribution in [2.45, 2.75) is 13.8 Å². The molecule has 0 saturated carbocycles. The molecule has 3 aromatic rings. The lowest BCUT2D eigenvalue weighted by molar-refractivity contribution is -0.384. The Morgan fingerprint density at radius 2 is 2.00 bits per heavy atom. The minimum absolute atomic E-state index is 0.00599. The molecule has 1 amide bonds. The van der Waals surface area contributed by atoms with Crippen LogP contribution in [0.25, 0.3) is 11.3 Å². The third-order valence-corrected chi connectivity index (χ3v) is 4.47. The highest BCUT2D eigenvalue weighted by Gasteiger charge is 2.13. The Bertz CT molecular complexity index is 966. The predicted molar refractivity (Wildman–Crippen MR) is 98.1 cm³/mol. The molecule has 0 atom stereocenters. The van der Waals surface area contributed by atoms with E-state index in [4.69, 9.17) is 0 Å². The fourth-order valence-electron chi connectivity index (χ4n) is 2.39. The molecule has 1 N–H and O–H groups in total. The van der Waals surface area contributed by atoms with Gasteiger partial charge in [-0.25, -0.2) is 4.98 Å². The van der Waals surface area contributed by atoms with E-state index in [1.165, 1.54) is 23.5 Å².